The summed E-state index contributed by atoms with van der Waals surface area (Å²) in [5.74, 6) is 0. The standard InChI is InChI=1S/C9H16O3/c1-9(2,3)12-11-8-6-4-5-7-10-8/h5,7-8H,4,6H2,1-3H3. The zero-order chi connectivity index (χ0) is 9.03. The topological polar surface area (TPSA) is 27.7 Å². The first-order chi connectivity index (χ1) is 5.58. The molecule has 0 fully saturated rings. The van der Waals surface area contributed by atoms with Gasteiger partial charge in [-0.1, -0.05) is 0 Å². The van der Waals surface area contributed by atoms with Crippen molar-refractivity contribution in [1.82, 2.24) is 0 Å². The maximum atomic E-state index is 5.15. The summed E-state index contributed by atoms with van der Waals surface area (Å²) in [7, 11) is 0. The fourth-order valence-electron chi connectivity index (χ4n) is 0.780. The van der Waals surface area contributed by atoms with Crippen LogP contribution < -0.4 is 0 Å². The molecule has 1 unspecified atom stereocenters. The SMILES string of the molecule is CC(C)(C)OOC1CCC=CO1. The van der Waals surface area contributed by atoms with Gasteiger partial charge >= 0.3 is 0 Å². The van der Waals surface area contributed by atoms with Crippen molar-refractivity contribution in [3.63, 3.8) is 0 Å². The van der Waals surface area contributed by atoms with Crippen LogP contribution in [-0.4, -0.2) is 11.9 Å². The molecule has 0 bridgehead atoms. The normalized spacial score (nSPS) is 23.8. The van der Waals surface area contributed by atoms with Gasteiger partial charge in [-0.05, 0) is 33.3 Å². The lowest BCUT2D eigenvalue weighted by molar-refractivity contribution is -0.411. The van der Waals surface area contributed by atoms with Gasteiger partial charge in [-0.25, -0.2) is 4.89 Å². The van der Waals surface area contributed by atoms with Crippen LogP contribution in [0.4, 0.5) is 0 Å². The predicted molar refractivity (Wildman–Crippen MR) is 45.2 cm³/mol. The minimum Gasteiger partial charge on any atom is -0.470 e. The highest BCUT2D eigenvalue weighted by atomic mass is 17.2. The Kier molecular flexibility index (Phi) is 3.12. The molecule has 0 amide bonds. The van der Waals surface area contributed by atoms with E-state index in [-0.39, 0.29) is 11.9 Å². The molecule has 1 aliphatic rings. The minimum absolute atomic E-state index is 0.241. The molecular weight excluding hydrogens is 156 g/mol. The molecule has 70 valence electrons. The van der Waals surface area contributed by atoms with Crippen LogP contribution in [0.1, 0.15) is 33.6 Å². The van der Waals surface area contributed by atoms with Crippen LogP contribution in [0, 0.1) is 0 Å². The van der Waals surface area contributed by atoms with Gasteiger partial charge in [0, 0.05) is 6.42 Å². The Balaban J connectivity index is 2.19. The summed E-state index contributed by atoms with van der Waals surface area (Å²) in [6, 6.07) is 0. The van der Waals surface area contributed by atoms with Crippen molar-refractivity contribution in [3.05, 3.63) is 12.3 Å². The van der Waals surface area contributed by atoms with Gasteiger partial charge in [0.25, 0.3) is 0 Å². The van der Waals surface area contributed by atoms with Crippen LogP contribution in [0.25, 0.3) is 0 Å². The van der Waals surface area contributed by atoms with Crippen molar-refractivity contribution < 1.29 is 14.5 Å². The molecule has 0 aliphatic carbocycles. The molecule has 1 aliphatic heterocycles. The smallest absolute Gasteiger partial charge is 0.230 e. The second-order valence-electron chi connectivity index (χ2n) is 3.81. The van der Waals surface area contributed by atoms with Crippen molar-refractivity contribution in [2.45, 2.75) is 45.5 Å². The Labute approximate surface area is 73.2 Å². The van der Waals surface area contributed by atoms with Crippen LogP contribution >= 0.6 is 0 Å². The monoisotopic (exact) mass is 172 g/mol. The Morgan fingerprint density at radius 3 is 2.67 bits per heavy atom. The Bertz CT molecular complexity index is 158. The molecule has 1 rings (SSSR count). The van der Waals surface area contributed by atoms with E-state index in [1.165, 1.54) is 0 Å². The summed E-state index contributed by atoms with van der Waals surface area (Å²) >= 11 is 0. The van der Waals surface area contributed by atoms with Crippen molar-refractivity contribution in [2.75, 3.05) is 0 Å². The molecule has 0 spiro atoms. The maximum absolute atomic E-state index is 5.15. The summed E-state index contributed by atoms with van der Waals surface area (Å²) < 4.78 is 5.15. The lowest BCUT2D eigenvalue weighted by atomic mass is 10.2. The highest BCUT2D eigenvalue weighted by Crippen LogP contribution is 2.15. The molecule has 3 heteroatoms. The lowest BCUT2D eigenvalue weighted by Gasteiger charge is -2.23. The average Bonchev–Trinajstić information content (AvgIpc) is 2.02. The van der Waals surface area contributed by atoms with Gasteiger partial charge in [-0.15, -0.1) is 0 Å². The molecule has 0 aromatic rings. The third kappa shape index (κ3) is 3.74. The van der Waals surface area contributed by atoms with Crippen LogP contribution in [0.3, 0.4) is 0 Å². The second-order valence-corrected chi connectivity index (χ2v) is 3.81. The molecule has 3 nitrogen and oxygen atoms in total. The molecule has 12 heavy (non-hydrogen) atoms. The van der Waals surface area contributed by atoms with E-state index < -0.39 is 0 Å². The summed E-state index contributed by atoms with van der Waals surface area (Å²) in [4.78, 5) is 10.2. The third-order valence-corrected chi connectivity index (χ3v) is 1.30. The van der Waals surface area contributed by atoms with Crippen molar-refractivity contribution in [1.29, 1.82) is 0 Å². The first-order valence-corrected chi connectivity index (χ1v) is 4.23. The van der Waals surface area contributed by atoms with Crippen molar-refractivity contribution >= 4 is 0 Å². The van der Waals surface area contributed by atoms with E-state index in [2.05, 4.69) is 0 Å². The van der Waals surface area contributed by atoms with Crippen molar-refractivity contribution in [3.8, 4) is 0 Å². The van der Waals surface area contributed by atoms with E-state index in [4.69, 9.17) is 14.5 Å². The molecule has 1 atom stereocenters. The second kappa shape index (κ2) is 3.92. The van der Waals surface area contributed by atoms with Crippen LogP contribution in [0.5, 0.6) is 0 Å². The zero-order valence-electron chi connectivity index (χ0n) is 7.87. The fraction of sp³-hybridized carbons (Fsp3) is 0.778. The maximum Gasteiger partial charge on any atom is 0.230 e. The summed E-state index contributed by atoms with van der Waals surface area (Å²) in [6.07, 6.45) is 5.22. The number of allylic oxidation sites excluding steroid dienone is 1. The quantitative estimate of drug-likeness (QED) is 0.473. The molecule has 1 heterocycles. The van der Waals surface area contributed by atoms with Gasteiger partial charge in [0.1, 0.15) is 0 Å². The number of rotatable bonds is 2. The first kappa shape index (κ1) is 9.55. The Morgan fingerprint density at radius 1 is 1.42 bits per heavy atom. The molecule has 0 N–H and O–H groups in total. The van der Waals surface area contributed by atoms with Gasteiger partial charge in [0.2, 0.25) is 6.29 Å². The van der Waals surface area contributed by atoms with E-state index in [0.29, 0.717) is 0 Å². The minimum atomic E-state index is -0.273. The highest BCUT2D eigenvalue weighted by molar-refractivity contribution is 4.78. The summed E-state index contributed by atoms with van der Waals surface area (Å²) in [5, 5.41) is 0. The van der Waals surface area contributed by atoms with Gasteiger partial charge in [-0.2, -0.15) is 4.89 Å². The molecule has 0 radical (unpaired) electrons. The Morgan fingerprint density at radius 2 is 2.17 bits per heavy atom. The summed E-state index contributed by atoms with van der Waals surface area (Å²) in [5.41, 5.74) is -0.273. The molecule has 0 aromatic carbocycles. The third-order valence-electron chi connectivity index (χ3n) is 1.30. The van der Waals surface area contributed by atoms with E-state index in [1.54, 1.807) is 6.26 Å². The van der Waals surface area contributed by atoms with Crippen LogP contribution in [-0.2, 0) is 14.5 Å². The van der Waals surface area contributed by atoms with Gasteiger partial charge in [0.15, 0.2) is 0 Å². The number of hydrogen-bond donors (Lipinski definition) is 0. The van der Waals surface area contributed by atoms with Crippen LogP contribution in [0.15, 0.2) is 12.3 Å². The van der Waals surface area contributed by atoms with E-state index in [9.17, 15) is 0 Å². The van der Waals surface area contributed by atoms with Crippen LogP contribution in [0.2, 0.25) is 0 Å². The van der Waals surface area contributed by atoms with E-state index in [1.807, 2.05) is 26.8 Å². The highest BCUT2D eigenvalue weighted by Gasteiger charge is 2.17. The summed E-state index contributed by atoms with van der Waals surface area (Å²) in [6.45, 7) is 5.81. The molecule has 0 saturated heterocycles. The van der Waals surface area contributed by atoms with Gasteiger partial charge < -0.3 is 4.74 Å². The first-order valence-electron chi connectivity index (χ1n) is 4.23. The number of ether oxygens (including phenoxy) is 1. The number of hydrogen-bond acceptors (Lipinski definition) is 3. The molecule has 0 aromatic heterocycles. The molecular formula is C9H16O3. The van der Waals surface area contributed by atoms with Gasteiger partial charge in [0.05, 0.1) is 11.9 Å². The lowest BCUT2D eigenvalue weighted by Crippen LogP contribution is -2.25. The van der Waals surface area contributed by atoms with E-state index >= 15 is 0 Å². The average molecular weight is 172 g/mol. The Hall–Kier alpha value is -0.540. The zero-order valence-corrected chi connectivity index (χ0v) is 7.87. The van der Waals surface area contributed by atoms with Crippen molar-refractivity contribution in [2.24, 2.45) is 0 Å². The van der Waals surface area contributed by atoms with Gasteiger partial charge in [-0.3, -0.25) is 0 Å². The predicted octanol–water partition coefficient (Wildman–Crippen LogP) is 2.38. The largest absolute Gasteiger partial charge is 0.470 e. The molecule has 0 saturated carbocycles. The van der Waals surface area contributed by atoms with E-state index in [0.717, 1.165) is 12.8 Å². The fourth-order valence-corrected chi connectivity index (χ4v) is 0.780.